The Bertz CT molecular complexity index is 756. The number of likely N-dealkylation sites (N-methyl/N-ethyl adjacent to an activating group) is 1. The molecule has 0 saturated carbocycles. The molecule has 1 aliphatic heterocycles. The third kappa shape index (κ3) is 6.01. The zero-order chi connectivity index (χ0) is 21.6. The van der Waals surface area contributed by atoms with Gasteiger partial charge < -0.3 is 25.0 Å². The molecule has 162 valence electrons. The Hall–Kier alpha value is -1.97. The van der Waals surface area contributed by atoms with Crippen LogP contribution in [0, 0.1) is 0 Å². The van der Waals surface area contributed by atoms with Gasteiger partial charge in [-0.3, -0.25) is 9.59 Å². The lowest BCUT2D eigenvalue weighted by atomic mass is 9.93. The van der Waals surface area contributed by atoms with Crippen molar-refractivity contribution in [1.82, 2.24) is 10.2 Å². The second-order valence-corrected chi connectivity index (χ2v) is 8.50. The van der Waals surface area contributed by atoms with Crippen LogP contribution >= 0.6 is 11.3 Å². The number of amides is 2. The molecule has 1 aromatic rings. The largest absolute Gasteiger partial charge is 0.462 e. The molecule has 1 aromatic heterocycles. The molecule has 9 heteroatoms. The first-order chi connectivity index (χ1) is 13.7. The van der Waals surface area contributed by atoms with Gasteiger partial charge in [-0.1, -0.05) is 13.8 Å². The van der Waals surface area contributed by atoms with Crippen LogP contribution in [0.2, 0.25) is 0 Å². The van der Waals surface area contributed by atoms with Crippen LogP contribution in [-0.2, 0) is 32.1 Å². The predicted molar refractivity (Wildman–Crippen MR) is 112 cm³/mol. The van der Waals surface area contributed by atoms with E-state index in [9.17, 15) is 14.4 Å². The van der Waals surface area contributed by atoms with Gasteiger partial charge in [0.05, 0.1) is 24.4 Å². The summed E-state index contributed by atoms with van der Waals surface area (Å²) in [7, 11) is 0. The van der Waals surface area contributed by atoms with Gasteiger partial charge in [0, 0.05) is 24.4 Å². The van der Waals surface area contributed by atoms with Crippen LogP contribution in [0.25, 0.3) is 0 Å². The molecule has 0 unspecified atom stereocenters. The lowest BCUT2D eigenvalue weighted by Crippen LogP contribution is -2.40. The molecular weight excluding hydrogens is 394 g/mol. The van der Waals surface area contributed by atoms with Crippen molar-refractivity contribution in [3.8, 4) is 0 Å². The molecule has 0 saturated heterocycles. The number of carbonyl (C=O) groups excluding carboxylic acids is 3. The second-order valence-electron chi connectivity index (χ2n) is 7.39. The Morgan fingerprint density at radius 1 is 1.17 bits per heavy atom. The number of esters is 1. The van der Waals surface area contributed by atoms with Crippen molar-refractivity contribution in [3.63, 3.8) is 0 Å². The smallest absolute Gasteiger partial charge is 0.341 e. The van der Waals surface area contributed by atoms with Gasteiger partial charge in [-0.2, -0.15) is 0 Å². The average Bonchev–Trinajstić information content (AvgIpc) is 3.01. The number of thiophene rings is 1. The van der Waals surface area contributed by atoms with E-state index in [0.717, 1.165) is 23.5 Å². The van der Waals surface area contributed by atoms with Gasteiger partial charge in [-0.05, 0) is 39.4 Å². The molecule has 8 nitrogen and oxygen atoms in total. The summed E-state index contributed by atoms with van der Waals surface area (Å²) in [5, 5.41) is 5.55. The zero-order valence-corrected chi connectivity index (χ0v) is 18.7. The van der Waals surface area contributed by atoms with Crippen LogP contribution < -0.4 is 10.6 Å². The number of hydrogen-bond acceptors (Lipinski definition) is 7. The van der Waals surface area contributed by atoms with Gasteiger partial charge >= 0.3 is 17.8 Å². The van der Waals surface area contributed by atoms with Gasteiger partial charge in [-0.25, -0.2) is 4.79 Å². The van der Waals surface area contributed by atoms with E-state index in [2.05, 4.69) is 15.5 Å². The van der Waals surface area contributed by atoms with Crippen molar-refractivity contribution < 1.29 is 23.9 Å². The molecule has 0 fully saturated rings. The van der Waals surface area contributed by atoms with Crippen molar-refractivity contribution >= 4 is 34.1 Å². The maximum atomic E-state index is 12.6. The summed E-state index contributed by atoms with van der Waals surface area (Å²) in [4.78, 5) is 40.1. The molecule has 2 amide bonds. The van der Waals surface area contributed by atoms with Crippen LogP contribution in [0.5, 0.6) is 0 Å². The van der Waals surface area contributed by atoms with E-state index >= 15 is 0 Å². The van der Waals surface area contributed by atoms with Crippen LogP contribution in [0.3, 0.4) is 0 Å². The summed E-state index contributed by atoms with van der Waals surface area (Å²) < 4.78 is 11.0. The number of nitrogens with zero attached hydrogens (tertiary/aromatic N) is 1. The molecular formula is C20H31N3O5S. The van der Waals surface area contributed by atoms with E-state index in [0.29, 0.717) is 36.7 Å². The number of fused-ring (bicyclic) bond motifs is 1. The fourth-order valence-electron chi connectivity index (χ4n) is 3.17. The Morgan fingerprint density at radius 3 is 2.48 bits per heavy atom. The molecule has 2 N–H and O–H groups in total. The molecule has 1 aliphatic rings. The minimum atomic E-state index is -0.797. The number of hydrogen-bond donors (Lipinski definition) is 2. The van der Waals surface area contributed by atoms with E-state index in [1.54, 1.807) is 6.92 Å². The van der Waals surface area contributed by atoms with Crippen LogP contribution in [0.15, 0.2) is 0 Å². The van der Waals surface area contributed by atoms with E-state index in [1.807, 2.05) is 27.7 Å². The highest BCUT2D eigenvalue weighted by molar-refractivity contribution is 7.17. The lowest BCUT2D eigenvalue weighted by molar-refractivity contribution is -0.136. The monoisotopic (exact) mass is 425 g/mol. The van der Waals surface area contributed by atoms with Crippen molar-refractivity contribution in [1.29, 1.82) is 0 Å². The fourth-order valence-corrected chi connectivity index (χ4v) is 4.28. The third-order valence-electron chi connectivity index (χ3n) is 4.81. The van der Waals surface area contributed by atoms with E-state index in [1.165, 1.54) is 11.3 Å². The summed E-state index contributed by atoms with van der Waals surface area (Å²) in [5.74, 6) is -2.02. The van der Waals surface area contributed by atoms with Crippen LogP contribution in [-0.4, -0.2) is 61.1 Å². The molecule has 2 heterocycles. The summed E-state index contributed by atoms with van der Waals surface area (Å²) in [6.45, 7) is 13.1. The molecule has 0 bridgehead atoms. The molecule has 0 aliphatic carbocycles. The van der Waals surface area contributed by atoms with Crippen molar-refractivity contribution in [3.05, 3.63) is 16.0 Å². The zero-order valence-electron chi connectivity index (χ0n) is 17.8. The SMILES string of the molecule is CCOC(=O)c1c(NC(=O)C(=O)NCCN(CC)CC)sc2c1CC(C)(C)OC2. The number of ether oxygens (including phenoxy) is 2. The van der Waals surface area contributed by atoms with Crippen LogP contribution in [0.1, 0.15) is 55.4 Å². The molecule has 29 heavy (non-hydrogen) atoms. The van der Waals surface area contributed by atoms with E-state index in [-0.39, 0.29) is 6.61 Å². The normalized spacial score (nSPS) is 15.0. The van der Waals surface area contributed by atoms with Crippen molar-refractivity contribution in [2.24, 2.45) is 0 Å². The summed E-state index contributed by atoms with van der Waals surface area (Å²) in [5.41, 5.74) is 0.729. The fraction of sp³-hybridized carbons (Fsp3) is 0.650. The molecule has 0 atom stereocenters. The van der Waals surface area contributed by atoms with Crippen molar-refractivity contribution in [2.45, 2.75) is 53.2 Å². The predicted octanol–water partition coefficient (Wildman–Crippen LogP) is 2.17. The molecule has 0 aromatic carbocycles. The maximum Gasteiger partial charge on any atom is 0.341 e. The highest BCUT2D eigenvalue weighted by Gasteiger charge is 2.34. The quantitative estimate of drug-likeness (QED) is 0.489. The first-order valence-corrected chi connectivity index (χ1v) is 10.8. The topological polar surface area (TPSA) is 97.0 Å². The highest BCUT2D eigenvalue weighted by atomic mass is 32.1. The Balaban J connectivity index is 2.13. The molecule has 0 radical (unpaired) electrons. The maximum absolute atomic E-state index is 12.6. The number of rotatable bonds is 8. The third-order valence-corrected chi connectivity index (χ3v) is 5.93. The molecule has 0 spiro atoms. The van der Waals surface area contributed by atoms with Gasteiger partial charge in [0.25, 0.3) is 0 Å². The Labute approximate surface area is 175 Å². The van der Waals surface area contributed by atoms with Crippen molar-refractivity contribution in [2.75, 3.05) is 38.1 Å². The van der Waals surface area contributed by atoms with Gasteiger partial charge in [-0.15, -0.1) is 11.3 Å². The summed E-state index contributed by atoms with van der Waals surface area (Å²) in [6.07, 6.45) is 0.527. The number of carbonyl (C=O) groups is 3. The Morgan fingerprint density at radius 2 is 1.86 bits per heavy atom. The van der Waals surface area contributed by atoms with Gasteiger partial charge in [0.2, 0.25) is 0 Å². The minimum Gasteiger partial charge on any atom is -0.462 e. The van der Waals surface area contributed by atoms with Crippen LogP contribution in [0.4, 0.5) is 5.00 Å². The standard InChI is InChI=1S/C20H31N3O5S/c1-6-23(7-2)10-9-21-16(24)17(25)22-18-15(19(26)27-8-3)13-11-20(4,5)28-12-14(13)29-18/h6-12H2,1-5H3,(H,21,24)(H,22,25). The molecule has 2 rings (SSSR count). The number of nitrogens with one attached hydrogen (secondary N) is 2. The van der Waals surface area contributed by atoms with Gasteiger partial charge in [0.15, 0.2) is 0 Å². The first-order valence-electron chi connectivity index (χ1n) is 9.99. The highest BCUT2D eigenvalue weighted by Crippen LogP contribution is 2.40. The van der Waals surface area contributed by atoms with E-state index < -0.39 is 23.4 Å². The number of anilines is 1. The lowest BCUT2D eigenvalue weighted by Gasteiger charge is -2.30. The minimum absolute atomic E-state index is 0.225. The Kier molecular flexibility index (Phi) is 8.18. The summed E-state index contributed by atoms with van der Waals surface area (Å²) in [6, 6.07) is 0. The van der Waals surface area contributed by atoms with Gasteiger partial charge in [0.1, 0.15) is 5.00 Å². The van der Waals surface area contributed by atoms with E-state index in [4.69, 9.17) is 9.47 Å². The second kappa shape index (κ2) is 10.2. The first kappa shape index (κ1) is 23.3. The average molecular weight is 426 g/mol. The summed E-state index contributed by atoms with van der Waals surface area (Å²) >= 11 is 1.25.